The van der Waals surface area contributed by atoms with Gasteiger partial charge in [-0.2, -0.15) is 0 Å². The normalized spacial score (nSPS) is 16.4. The number of carbonyl (C=O) groups is 1. The fourth-order valence-electron chi connectivity index (χ4n) is 2.95. The molecule has 0 radical (unpaired) electrons. The molecule has 0 bridgehead atoms. The predicted molar refractivity (Wildman–Crippen MR) is 92.7 cm³/mol. The van der Waals surface area contributed by atoms with Crippen LogP contribution in [0, 0.1) is 19.8 Å². The minimum Gasteiger partial charge on any atom is -0.315 e. The van der Waals surface area contributed by atoms with E-state index >= 15 is 0 Å². The molecule has 2 aromatic carbocycles. The largest absolute Gasteiger partial charge is 0.315 e. The molecule has 0 fully saturated rings. The van der Waals surface area contributed by atoms with Crippen LogP contribution >= 0.6 is 0 Å². The number of nitrogens with zero attached hydrogens (tertiary/aromatic N) is 1. The number of hydrogen-bond donors (Lipinski definition) is 1. The summed E-state index contributed by atoms with van der Waals surface area (Å²) in [6, 6.07) is 14.6. The van der Waals surface area contributed by atoms with Crippen molar-refractivity contribution < 1.29 is 4.79 Å². The lowest BCUT2D eigenvalue weighted by molar-refractivity contribution is -0.120. The van der Waals surface area contributed by atoms with Gasteiger partial charge in [0.05, 0.1) is 11.3 Å². The van der Waals surface area contributed by atoms with E-state index in [1.54, 1.807) is 0 Å². The minimum atomic E-state index is -0.165. The van der Waals surface area contributed by atoms with Crippen molar-refractivity contribution in [1.29, 1.82) is 0 Å². The third-order valence-corrected chi connectivity index (χ3v) is 4.23. The molecule has 0 spiro atoms. The first kappa shape index (κ1) is 15.6. The summed E-state index contributed by atoms with van der Waals surface area (Å²) in [6.45, 7) is 5.60. The van der Waals surface area contributed by atoms with Crippen LogP contribution in [0.1, 0.15) is 16.7 Å². The van der Waals surface area contributed by atoms with Crippen LogP contribution in [0.4, 0.5) is 0 Å². The van der Waals surface area contributed by atoms with Crippen molar-refractivity contribution in [2.75, 3.05) is 13.1 Å². The highest BCUT2D eigenvalue weighted by molar-refractivity contribution is 5.86. The number of hydrogen-bond acceptors (Lipinski definition) is 2. The van der Waals surface area contributed by atoms with Crippen LogP contribution in [0.25, 0.3) is 6.08 Å². The van der Waals surface area contributed by atoms with Crippen LogP contribution < -0.4 is 15.9 Å². The Labute approximate surface area is 136 Å². The summed E-state index contributed by atoms with van der Waals surface area (Å²) in [5.74, 6) is -0.211. The Balaban J connectivity index is 1.60. The molecular weight excluding hydrogens is 284 g/mol. The summed E-state index contributed by atoms with van der Waals surface area (Å²) in [5, 5.41) is 5.28. The first-order chi connectivity index (χ1) is 11.1. The van der Waals surface area contributed by atoms with Crippen molar-refractivity contribution in [1.82, 2.24) is 5.32 Å². The van der Waals surface area contributed by atoms with Crippen molar-refractivity contribution >= 4 is 12.0 Å². The number of amides is 1. The number of nitrogens with one attached hydrogen (secondary N) is 1. The first-order valence-corrected chi connectivity index (χ1v) is 8.10. The van der Waals surface area contributed by atoms with Gasteiger partial charge in [-0.25, -0.2) is 4.99 Å². The van der Waals surface area contributed by atoms with Gasteiger partial charge in [0.1, 0.15) is 0 Å². The van der Waals surface area contributed by atoms with Crippen molar-refractivity contribution in [3.05, 3.63) is 69.7 Å². The van der Waals surface area contributed by atoms with Gasteiger partial charge >= 0.3 is 0 Å². The molecule has 1 heterocycles. The van der Waals surface area contributed by atoms with Crippen LogP contribution in [-0.2, 0) is 11.2 Å². The quantitative estimate of drug-likeness (QED) is 0.854. The summed E-state index contributed by atoms with van der Waals surface area (Å²) in [7, 11) is 0. The van der Waals surface area contributed by atoms with E-state index in [1.165, 1.54) is 11.1 Å². The number of para-hydroxylation sites is 1. The summed E-state index contributed by atoms with van der Waals surface area (Å²) in [5.41, 5.74) is 3.66. The number of carbonyl (C=O) groups excluding carboxylic acids is 1. The lowest BCUT2D eigenvalue weighted by Gasteiger charge is -2.14. The van der Waals surface area contributed by atoms with Gasteiger partial charge in [0.25, 0.3) is 5.91 Å². The maximum Gasteiger partial charge on any atom is 0.254 e. The Hall–Kier alpha value is -2.26. The van der Waals surface area contributed by atoms with E-state index in [4.69, 9.17) is 0 Å². The highest BCUT2D eigenvalue weighted by Gasteiger charge is 2.18. The molecule has 3 heteroatoms. The Morgan fingerprint density at radius 1 is 1.13 bits per heavy atom. The molecule has 1 atom stereocenters. The average molecular weight is 306 g/mol. The Kier molecular flexibility index (Phi) is 4.68. The first-order valence-electron chi connectivity index (χ1n) is 8.10. The van der Waals surface area contributed by atoms with Crippen LogP contribution in [0.2, 0.25) is 0 Å². The van der Waals surface area contributed by atoms with Crippen molar-refractivity contribution in [3.8, 4) is 0 Å². The van der Waals surface area contributed by atoms with Gasteiger partial charge in [-0.3, -0.25) is 4.79 Å². The van der Waals surface area contributed by atoms with Gasteiger partial charge in [0.15, 0.2) is 0 Å². The standard InChI is InChI=1S/C20H22N2O/c1-14-5-3-7-16(11-14)9-10-21-13-18-12-17-8-4-6-15(2)19(17)22-20(18)23/h3-8,11-12,18,21H,9-10,13H2,1-2H3. The molecular formula is C20H22N2O. The summed E-state index contributed by atoms with van der Waals surface area (Å²) < 4.78 is 0. The van der Waals surface area contributed by atoms with Gasteiger partial charge in [0.2, 0.25) is 0 Å². The predicted octanol–water partition coefficient (Wildman–Crippen LogP) is 1.69. The summed E-state index contributed by atoms with van der Waals surface area (Å²) in [6.07, 6.45) is 3.01. The molecule has 0 saturated heterocycles. The maximum atomic E-state index is 12.2. The lowest BCUT2D eigenvalue weighted by atomic mass is 10.0. The maximum absolute atomic E-state index is 12.2. The molecule has 2 aromatic rings. The SMILES string of the molecule is Cc1cccc(CCNCC2C=c3cccc(C)c3=NC2=O)c1. The lowest BCUT2D eigenvalue weighted by Crippen LogP contribution is -2.39. The molecule has 118 valence electrons. The molecule has 1 N–H and O–H groups in total. The molecule has 0 saturated carbocycles. The van der Waals surface area contributed by atoms with Gasteiger partial charge in [-0.15, -0.1) is 0 Å². The second-order valence-corrected chi connectivity index (χ2v) is 6.18. The number of rotatable bonds is 5. The molecule has 1 amide bonds. The molecule has 23 heavy (non-hydrogen) atoms. The summed E-state index contributed by atoms with van der Waals surface area (Å²) >= 11 is 0. The zero-order chi connectivity index (χ0) is 16.2. The van der Waals surface area contributed by atoms with Crippen molar-refractivity contribution in [2.45, 2.75) is 20.3 Å². The highest BCUT2D eigenvalue weighted by atomic mass is 16.1. The van der Waals surface area contributed by atoms with Crippen LogP contribution in [0.3, 0.4) is 0 Å². The van der Waals surface area contributed by atoms with Crippen LogP contribution in [-0.4, -0.2) is 19.0 Å². The van der Waals surface area contributed by atoms with Gasteiger partial charge < -0.3 is 5.32 Å². The van der Waals surface area contributed by atoms with E-state index in [2.05, 4.69) is 41.5 Å². The topological polar surface area (TPSA) is 41.5 Å². The van der Waals surface area contributed by atoms with Crippen LogP contribution in [0.15, 0.2) is 47.5 Å². The zero-order valence-corrected chi connectivity index (χ0v) is 13.7. The van der Waals surface area contributed by atoms with Crippen molar-refractivity contribution in [2.24, 2.45) is 10.9 Å². The van der Waals surface area contributed by atoms with E-state index in [9.17, 15) is 4.79 Å². The highest BCUT2D eigenvalue weighted by Crippen LogP contribution is 2.06. The smallest absolute Gasteiger partial charge is 0.254 e. The molecule has 1 aliphatic heterocycles. The number of benzene rings is 2. The Morgan fingerprint density at radius 3 is 2.78 bits per heavy atom. The molecule has 3 rings (SSSR count). The van der Waals surface area contributed by atoms with Gasteiger partial charge in [-0.1, -0.05) is 54.1 Å². The van der Waals surface area contributed by atoms with E-state index < -0.39 is 0 Å². The average Bonchev–Trinajstić information content (AvgIpc) is 2.53. The molecule has 3 nitrogen and oxygen atoms in total. The van der Waals surface area contributed by atoms with E-state index in [1.807, 2.05) is 31.2 Å². The molecule has 0 aliphatic carbocycles. The monoisotopic (exact) mass is 306 g/mol. The third kappa shape index (κ3) is 3.74. The zero-order valence-electron chi connectivity index (χ0n) is 13.7. The summed E-state index contributed by atoms with van der Waals surface area (Å²) in [4.78, 5) is 16.4. The molecule has 1 aliphatic rings. The van der Waals surface area contributed by atoms with E-state index in [0.717, 1.165) is 29.1 Å². The molecule has 1 unspecified atom stereocenters. The number of fused-ring (bicyclic) bond motifs is 1. The van der Waals surface area contributed by atoms with Gasteiger partial charge in [0, 0.05) is 6.54 Å². The Bertz CT molecular complexity index is 839. The third-order valence-electron chi connectivity index (χ3n) is 4.23. The fourth-order valence-corrected chi connectivity index (χ4v) is 2.95. The van der Waals surface area contributed by atoms with E-state index in [0.29, 0.717) is 6.54 Å². The second-order valence-electron chi connectivity index (χ2n) is 6.18. The number of aryl methyl sites for hydroxylation is 2. The minimum absolute atomic E-state index is 0.0464. The Morgan fingerprint density at radius 2 is 1.96 bits per heavy atom. The van der Waals surface area contributed by atoms with Gasteiger partial charge in [-0.05, 0) is 43.2 Å². The van der Waals surface area contributed by atoms with Crippen molar-refractivity contribution in [3.63, 3.8) is 0 Å². The fraction of sp³-hybridized carbons (Fsp3) is 0.300. The van der Waals surface area contributed by atoms with Crippen LogP contribution in [0.5, 0.6) is 0 Å². The molecule has 0 aromatic heterocycles. The van der Waals surface area contributed by atoms with E-state index in [-0.39, 0.29) is 11.8 Å². The second kappa shape index (κ2) is 6.88.